The molecule has 0 aromatic carbocycles. The molecule has 19 heavy (non-hydrogen) atoms. The molecule has 0 bridgehead atoms. The molecule has 0 spiro atoms. The number of rotatable bonds is 4. The summed E-state index contributed by atoms with van der Waals surface area (Å²) in [6, 6.07) is -0.273. The number of amides is 1. The third-order valence-electron chi connectivity index (χ3n) is 2.93. The molecular formula is C11H17N7O. The molecule has 2 aromatic rings. The molecule has 0 aliphatic heterocycles. The van der Waals surface area contributed by atoms with Gasteiger partial charge in [-0.2, -0.15) is 10.1 Å². The minimum absolute atomic E-state index is 0.102. The maximum absolute atomic E-state index is 12.0. The van der Waals surface area contributed by atoms with Crippen LogP contribution in [0.15, 0.2) is 0 Å². The summed E-state index contributed by atoms with van der Waals surface area (Å²) in [5.74, 6) is 0.596. The molecule has 0 radical (unpaired) electrons. The van der Waals surface area contributed by atoms with Crippen LogP contribution in [0.3, 0.4) is 0 Å². The van der Waals surface area contributed by atoms with Gasteiger partial charge in [0.1, 0.15) is 5.82 Å². The predicted octanol–water partition coefficient (Wildman–Crippen LogP) is 0.147. The molecule has 2 aromatic heterocycles. The van der Waals surface area contributed by atoms with Crippen molar-refractivity contribution in [3.8, 4) is 0 Å². The number of aromatic nitrogens is 5. The highest BCUT2D eigenvalue weighted by molar-refractivity contribution is 5.79. The number of carbonyl (C=O) groups excluding carboxylic acids is 1. The number of nitrogens with one attached hydrogen (secondary N) is 3. The average molecular weight is 263 g/mol. The standard InChI is InChI=1S/C11H17N7O/c1-5-8(6(2)16-15-5)4-9(19)13-7(3)10-14-11(12)18-17-10/h7H,4H2,1-3H3,(H,13,19)(H,15,16)(H3,12,14,17,18)/t7-/m0/s1. The van der Waals surface area contributed by atoms with Crippen LogP contribution in [0.5, 0.6) is 0 Å². The monoisotopic (exact) mass is 263 g/mol. The van der Waals surface area contributed by atoms with Crippen molar-refractivity contribution in [3.63, 3.8) is 0 Å². The van der Waals surface area contributed by atoms with Crippen molar-refractivity contribution in [2.45, 2.75) is 33.2 Å². The third-order valence-corrected chi connectivity index (χ3v) is 2.93. The lowest BCUT2D eigenvalue weighted by Gasteiger charge is -2.10. The normalized spacial score (nSPS) is 12.4. The number of hydrogen-bond donors (Lipinski definition) is 4. The van der Waals surface area contributed by atoms with E-state index >= 15 is 0 Å². The third kappa shape index (κ3) is 2.90. The molecule has 0 saturated heterocycles. The fourth-order valence-electron chi connectivity index (χ4n) is 1.84. The Morgan fingerprint density at radius 2 is 2.11 bits per heavy atom. The van der Waals surface area contributed by atoms with Crippen molar-refractivity contribution >= 4 is 11.9 Å². The van der Waals surface area contributed by atoms with E-state index in [9.17, 15) is 4.79 Å². The van der Waals surface area contributed by atoms with E-state index in [1.165, 1.54) is 0 Å². The number of aromatic amines is 2. The fraction of sp³-hybridized carbons (Fsp3) is 0.455. The summed E-state index contributed by atoms with van der Waals surface area (Å²) in [5, 5.41) is 16.1. The molecule has 2 rings (SSSR count). The fourth-order valence-corrected chi connectivity index (χ4v) is 1.84. The molecular weight excluding hydrogens is 246 g/mol. The predicted molar refractivity (Wildman–Crippen MR) is 69.1 cm³/mol. The zero-order chi connectivity index (χ0) is 14.0. The van der Waals surface area contributed by atoms with Gasteiger partial charge in [0.2, 0.25) is 11.9 Å². The Bertz CT molecular complexity index is 566. The van der Waals surface area contributed by atoms with E-state index < -0.39 is 0 Å². The van der Waals surface area contributed by atoms with Crippen molar-refractivity contribution in [2.75, 3.05) is 5.73 Å². The highest BCUT2D eigenvalue weighted by Gasteiger charge is 2.16. The van der Waals surface area contributed by atoms with Gasteiger partial charge < -0.3 is 11.1 Å². The van der Waals surface area contributed by atoms with Gasteiger partial charge in [-0.3, -0.25) is 15.0 Å². The maximum atomic E-state index is 12.0. The number of nitrogens with zero attached hydrogens (tertiary/aromatic N) is 3. The zero-order valence-electron chi connectivity index (χ0n) is 11.1. The first kappa shape index (κ1) is 13.1. The summed E-state index contributed by atoms with van der Waals surface area (Å²) >= 11 is 0. The Morgan fingerprint density at radius 3 is 2.63 bits per heavy atom. The molecule has 0 aliphatic carbocycles. The van der Waals surface area contributed by atoms with Crippen LogP contribution in [0.2, 0.25) is 0 Å². The summed E-state index contributed by atoms with van der Waals surface area (Å²) < 4.78 is 0. The largest absolute Gasteiger partial charge is 0.367 e. The topological polar surface area (TPSA) is 125 Å². The minimum Gasteiger partial charge on any atom is -0.367 e. The van der Waals surface area contributed by atoms with E-state index in [-0.39, 0.29) is 24.3 Å². The van der Waals surface area contributed by atoms with Gasteiger partial charge in [0.15, 0.2) is 0 Å². The highest BCUT2D eigenvalue weighted by Crippen LogP contribution is 2.12. The van der Waals surface area contributed by atoms with E-state index in [0.29, 0.717) is 5.82 Å². The van der Waals surface area contributed by atoms with Gasteiger partial charge in [0, 0.05) is 11.3 Å². The van der Waals surface area contributed by atoms with Crippen LogP contribution in [0.25, 0.3) is 0 Å². The molecule has 0 unspecified atom stereocenters. The molecule has 1 atom stereocenters. The van der Waals surface area contributed by atoms with E-state index in [0.717, 1.165) is 17.0 Å². The van der Waals surface area contributed by atoms with Crippen LogP contribution < -0.4 is 11.1 Å². The van der Waals surface area contributed by atoms with Crippen LogP contribution in [-0.4, -0.2) is 31.3 Å². The second kappa shape index (κ2) is 5.09. The molecule has 0 saturated carbocycles. The highest BCUT2D eigenvalue weighted by atomic mass is 16.1. The van der Waals surface area contributed by atoms with Crippen molar-refractivity contribution in [3.05, 3.63) is 22.8 Å². The first-order valence-electron chi connectivity index (χ1n) is 5.95. The number of nitrogens with two attached hydrogens (primary N) is 1. The molecule has 1 amide bonds. The Morgan fingerprint density at radius 1 is 1.37 bits per heavy atom. The Balaban J connectivity index is 1.98. The van der Waals surface area contributed by atoms with Gasteiger partial charge in [-0.05, 0) is 20.8 Å². The van der Waals surface area contributed by atoms with Gasteiger partial charge in [-0.15, -0.1) is 5.10 Å². The van der Waals surface area contributed by atoms with Crippen LogP contribution in [-0.2, 0) is 11.2 Å². The zero-order valence-corrected chi connectivity index (χ0v) is 11.1. The summed E-state index contributed by atoms with van der Waals surface area (Å²) in [6.45, 7) is 5.57. The van der Waals surface area contributed by atoms with Crippen molar-refractivity contribution in [1.82, 2.24) is 30.7 Å². The molecule has 8 nitrogen and oxygen atoms in total. The smallest absolute Gasteiger partial charge is 0.239 e. The van der Waals surface area contributed by atoms with Gasteiger partial charge in [-0.1, -0.05) is 0 Å². The summed E-state index contributed by atoms with van der Waals surface area (Å²) in [7, 11) is 0. The van der Waals surface area contributed by atoms with Crippen molar-refractivity contribution in [1.29, 1.82) is 0 Å². The van der Waals surface area contributed by atoms with E-state index in [1.807, 2.05) is 20.8 Å². The second-order valence-corrected chi connectivity index (χ2v) is 4.46. The van der Waals surface area contributed by atoms with Crippen LogP contribution >= 0.6 is 0 Å². The van der Waals surface area contributed by atoms with Crippen LogP contribution in [0.1, 0.15) is 35.7 Å². The molecule has 102 valence electrons. The first-order valence-corrected chi connectivity index (χ1v) is 5.95. The lowest BCUT2D eigenvalue weighted by Crippen LogP contribution is -2.29. The Labute approximate surface area is 110 Å². The molecule has 2 heterocycles. The van der Waals surface area contributed by atoms with E-state index in [1.54, 1.807) is 0 Å². The van der Waals surface area contributed by atoms with Crippen molar-refractivity contribution in [2.24, 2.45) is 0 Å². The SMILES string of the molecule is Cc1n[nH]c(C)c1CC(=O)N[C@@H](C)c1nc(N)n[nH]1. The van der Waals surface area contributed by atoms with Crippen LogP contribution in [0.4, 0.5) is 5.95 Å². The number of hydrogen-bond acceptors (Lipinski definition) is 5. The lowest BCUT2D eigenvalue weighted by atomic mass is 10.1. The average Bonchev–Trinajstić information content (AvgIpc) is 2.90. The number of anilines is 1. The number of H-pyrrole nitrogens is 2. The molecule has 0 fully saturated rings. The molecule has 5 N–H and O–H groups in total. The second-order valence-electron chi connectivity index (χ2n) is 4.46. The van der Waals surface area contributed by atoms with Crippen molar-refractivity contribution < 1.29 is 4.79 Å². The Hall–Kier alpha value is -2.38. The lowest BCUT2D eigenvalue weighted by molar-refractivity contribution is -0.121. The Kier molecular flexibility index (Phi) is 3.50. The maximum Gasteiger partial charge on any atom is 0.239 e. The summed E-state index contributed by atoms with van der Waals surface area (Å²) in [4.78, 5) is 15.9. The van der Waals surface area contributed by atoms with E-state index in [2.05, 4.69) is 30.7 Å². The number of carbonyl (C=O) groups is 1. The quantitative estimate of drug-likeness (QED) is 0.624. The van der Waals surface area contributed by atoms with Gasteiger partial charge in [0.05, 0.1) is 18.2 Å². The van der Waals surface area contributed by atoms with Gasteiger partial charge >= 0.3 is 0 Å². The molecule has 0 aliphatic rings. The summed E-state index contributed by atoms with van der Waals surface area (Å²) in [6.07, 6.45) is 0.280. The van der Waals surface area contributed by atoms with Crippen LogP contribution in [0, 0.1) is 13.8 Å². The van der Waals surface area contributed by atoms with E-state index in [4.69, 9.17) is 5.73 Å². The van der Waals surface area contributed by atoms with Gasteiger partial charge in [-0.25, -0.2) is 0 Å². The number of aryl methyl sites for hydroxylation is 2. The first-order chi connectivity index (χ1) is 8.97. The summed E-state index contributed by atoms with van der Waals surface area (Å²) in [5.41, 5.74) is 8.08. The molecule has 8 heteroatoms. The van der Waals surface area contributed by atoms with Gasteiger partial charge in [0.25, 0.3) is 0 Å². The minimum atomic E-state index is -0.273. The number of nitrogen functional groups attached to an aromatic ring is 1.